The molecule has 0 amide bonds. The summed E-state index contributed by atoms with van der Waals surface area (Å²) in [5, 5.41) is 5.36. The minimum atomic E-state index is -0.343. The Morgan fingerprint density at radius 2 is 1.54 bits per heavy atom. The number of halogens is 1. The lowest BCUT2D eigenvalue weighted by Crippen LogP contribution is -2.18. The first-order valence-corrected chi connectivity index (χ1v) is 13.5. The van der Waals surface area contributed by atoms with E-state index >= 15 is 0 Å². The summed E-state index contributed by atoms with van der Waals surface area (Å²) in [7, 11) is 1.39. The third-order valence-electron chi connectivity index (χ3n) is 7.06. The Kier molecular flexibility index (Phi) is 8.30. The lowest BCUT2D eigenvalue weighted by atomic mass is 9.97. The number of carbonyl (C=O) groups excluding carboxylic acids is 1. The summed E-state index contributed by atoms with van der Waals surface area (Å²) in [5.74, 6) is -0.343. The van der Waals surface area contributed by atoms with Gasteiger partial charge >= 0.3 is 5.97 Å². The van der Waals surface area contributed by atoms with Crippen molar-refractivity contribution in [3.05, 3.63) is 136 Å². The van der Waals surface area contributed by atoms with E-state index in [9.17, 15) is 4.79 Å². The first kappa shape index (κ1) is 26.5. The molecule has 1 heterocycles. The van der Waals surface area contributed by atoms with Crippen molar-refractivity contribution in [2.45, 2.75) is 18.9 Å². The molecule has 1 aromatic heterocycles. The van der Waals surface area contributed by atoms with E-state index in [0.717, 1.165) is 29.4 Å². The number of ether oxygens (including phenoxy) is 1. The van der Waals surface area contributed by atoms with E-state index in [0.29, 0.717) is 23.7 Å². The highest BCUT2D eigenvalue weighted by Crippen LogP contribution is 2.37. The van der Waals surface area contributed by atoms with Crippen LogP contribution in [0, 0.1) is 0 Å². The third kappa shape index (κ3) is 5.70. The highest BCUT2D eigenvalue weighted by atomic mass is 35.5. The van der Waals surface area contributed by atoms with E-state index in [1.54, 1.807) is 12.1 Å². The quantitative estimate of drug-likeness (QED) is 0.191. The summed E-state index contributed by atoms with van der Waals surface area (Å²) in [4.78, 5) is 11.8. The molecule has 198 valence electrons. The van der Waals surface area contributed by atoms with Crippen LogP contribution in [0.15, 0.2) is 103 Å². The van der Waals surface area contributed by atoms with E-state index in [1.807, 2.05) is 18.2 Å². The molecule has 0 unspecified atom stereocenters. The van der Waals surface area contributed by atoms with Gasteiger partial charge in [0.05, 0.1) is 18.7 Å². The third-order valence-corrected chi connectivity index (χ3v) is 7.30. The first-order chi connectivity index (χ1) is 19.1. The van der Waals surface area contributed by atoms with Crippen LogP contribution >= 0.6 is 11.6 Å². The molecule has 0 bridgehead atoms. The fourth-order valence-electron chi connectivity index (χ4n) is 5.32. The molecular weight excluding hydrogens is 506 g/mol. The number of hydrogen-bond acceptors (Lipinski definition) is 4. The first-order valence-electron chi connectivity index (χ1n) is 13.1. The Morgan fingerprint density at radius 3 is 2.13 bits per heavy atom. The van der Waals surface area contributed by atoms with Gasteiger partial charge in [-0.15, -0.1) is 0 Å². The van der Waals surface area contributed by atoms with Gasteiger partial charge in [0.2, 0.25) is 0 Å². The molecule has 0 radical (unpaired) electrons. The molecule has 0 spiro atoms. The Labute approximate surface area is 234 Å². The standard InChI is InChI=1S/C33H32ClN3O2/c1-39-33(38)25-12-15-27(16-13-25)36-21-19-28-29-22-26(34)14-17-30(29)37(31(28)18-20-35)32(23-8-4-2-5-9-23)24-10-6-3-7-11-24/h2-17,22,32,36H,18-21,35H2,1H3. The number of hydrogen-bond donors (Lipinski definition) is 2. The lowest BCUT2D eigenvalue weighted by Gasteiger charge is -2.25. The molecule has 39 heavy (non-hydrogen) atoms. The summed E-state index contributed by atoms with van der Waals surface area (Å²) < 4.78 is 7.25. The molecule has 0 aliphatic rings. The molecule has 0 saturated carbocycles. The number of carbonyl (C=O) groups is 1. The lowest BCUT2D eigenvalue weighted by molar-refractivity contribution is 0.0601. The van der Waals surface area contributed by atoms with Crippen LogP contribution in [0.1, 0.15) is 38.8 Å². The molecule has 0 aliphatic heterocycles. The predicted octanol–water partition coefficient (Wildman–Crippen LogP) is 6.87. The number of methoxy groups -OCH3 is 1. The molecule has 0 aliphatic carbocycles. The van der Waals surface area contributed by atoms with Crippen molar-refractivity contribution >= 4 is 34.2 Å². The molecule has 0 saturated heterocycles. The molecule has 3 N–H and O–H groups in total. The predicted molar refractivity (Wildman–Crippen MR) is 160 cm³/mol. The number of anilines is 1. The molecule has 5 rings (SSSR count). The van der Waals surface area contributed by atoms with Crippen LogP contribution in [-0.4, -0.2) is 30.7 Å². The van der Waals surface area contributed by atoms with Crippen molar-refractivity contribution in [1.82, 2.24) is 4.57 Å². The van der Waals surface area contributed by atoms with E-state index in [2.05, 4.69) is 82.7 Å². The van der Waals surface area contributed by atoms with Gasteiger partial charge in [-0.3, -0.25) is 0 Å². The van der Waals surface area contributed by atoms with Gasteiger partial charge in [-0.1, -0.05) is 72.3 Å². The van der Waals surface area contributed by atoms with E-state index in [1.165, 1.54) is 29.5 Å². The fourth-order valence-corrected chi connectivity index (χ4v) is 5.50. The van der Waals surface area contributed by atoms with Crippen molar-refractivity contribution in [2.75, 3.05) is 25.5 Å². The summed E-state index contributed by atoms with van der Waals surface area (Å²) in [6.07, 6.45) is 1.53. The second-order valence-corrected chi connectivity index (χ2v) is 9.90. The van der Waals surface area contributed by atoms with Crippen LogP contribution in [-0.2, 0) is 17.6 Å². The number of fused-ring (bicyclic) bond motifs is 1. The number of aromatic nitrogens is 1. The number of benzene rings is 4. The zero-order chi connectivity index (χ0) is 27.2. The maximum atomic E-state index is 11.8. The molecule has 4 aromatic carbocycles. The Morgan fingerprint density at radius 1 is 0.897 bits per heavy atom. The zero-order valence-electron chi connectivity index (χ0n) is 21.9. The Hall–Kier alpha value is -4.06. The van der Waals surface area contributed by atoms with Gasteiger partial charge < -0.3 is 20.4 Å². The van der Waals surface area contributed by atoms with E-state index in [4.69, 9.17) is 22.1 Å². The number of nitrogens with zero attached hydrogens (tertiary/aromatic N) is 1. The monoisotopic (exact) mass is 537 g/mol. The van der Waals surface area contributed by atoms with Gasteiger partial charge in [0.25, 0.3) is 0 Å². The van der Waals surface area contributed by atoms with Gasteiger partial charge in [0, 0.05) is 40.3 Å². The van der Waals surface area contributed by atoms with Crippen LogP contribution in [0.5, 0.6) is 0 Å². The fraction of sp³-hybridized carbons (Fsp3) is 0.182. The number of nitrogens with two attached hydrogens (primary N) is 1. The Bertz CT molecular complexity index is 1510. The smallest absolute Gasteiger partial charge is 0.337 e. The molecule has 6 heteroatoms. The van der Waals surface area contributed by atoms with Crippen molar-refractivity contribution in [3.63, 3.8) is 0 Å². The van der Waals surface area contributed by atoms with Gasteiger partial charge in [-0.05, 0) is 72.1 Å². The molecule has 5 nitrogen and oxygen atoms in total. The minimum absolute atomic E-state index is 0.00907. The number of esters is 1. The van der Waals surface area contributed by atoms with Gasteiger partial charge in [-0.25, -0.2) is 4.79 Å². The number of rotatable bonds is 10. The van der Waals surface area contributed by atoms with Crippen LogP contribution in [0.25, 0.3) is 10.9 Å². The SMILES string of the molecule is COC(=O)c1ccc(NCCc2c(CCN)n(C(c3ccccc3)c3ccccc3)c3ccc(Cl)cc23)cc1. The second kappa shape index (κ2) is 12.2. The summed E-state index contributed by atoms with van der Waals surface area (Å²) in [6.45, 7) is 1.25. The molecule has 0 fully saturated rings. The van der Waals surface area contributed by atoms with Crippen molar-refractivity contribution in [3.8, 4) is 0 Å². The van der Waals surface area contributed by atoms with Crippen molar-refractivity contribution < 1.29 is 9.53 Å². The van der Waals surface area contributed by atoms with E-state index < -0.39 is 0 Å². The van der Waals surface area contributed by atoms with E-state index in [-0.39, 0.29) is 12.0 Å². The molecular formula is C33H32ClN3O2. The maximum Gasteiger partial charge on any atom is 0.337 e. The molecule has 0 atom stereocenters. The normalized spacial score (nSPS) is 11.2. The minimum Gasteiger partial charge on any atom is -0.465 e. The van der Waals surface area contributed by atoms with Crippen molar-refractivity contribution in [1.29, 1.82) is 0 Å². The summed E-state index contributed by atoms with van der Waals surface area (Å²) >= 11 is 6.54. The average molecular weight is 538 g/mol. The average Bonchev–Trinajstić information content (AvgIpc) is 3.26. The van der Waals surface area contributed by atoms with Crippen LogP contribution in [0.4, 0.5) is 5.69 Å². The van der Waals surface area contributed by atoms with Crippen LogP contribution in [0.2, 0.25) is 5.02 Å². The molecule has 5 aromatic rings. The van der Waals surface area contributed by atoms with Crippen molar-refractivity contribution in [2.24, 2.45) is 5.73 Å². The highest BCUT2D eigenvalue weighted by molar-refractivity contribution is 6.31. The summed E-state index contributed by atoms with van der Waals surface area (Å²) in [5.41, 5.74) is 13.7. The summed E-state index contributed by atoms with van der Waals surface area (Å²) in [6, 6.07) is 34.7. The van der Waals surface area contributed by atoms with Gasteiger partial charge in [0.15, 0.2) is 0 Å². The Balaban J connectivity index is 1.57. The van der Waals surface area contributed by atoms with Crippen LogP contribution < -0.4 is 11.1 Å². The largest absolute Gasteiger partial charge is 0.465 e. The maximum absolute atomic E-state index is 11.8. The highest BCUT2D eigenvalue weighted by Gasteiger charge is 2.25. The second-order valence-electron chi connectivity index (χ2n) is 9.47. The topological polar surface area (TPSA) is 69.3 Å². The van der Waals surface area contributed by atoms with Crippen LogP contribution in [0.3, 0.4) is 0 Å². The zero-order valence-corrected chi connectivity index (χ0v) is 22.7. The number of nitrogens with one attached hydrogen (secondary N) is 1. The van der Waals surface area contributed by atoms with Gasteiger partial charge in [-0.2, -0.15) is 0 Å². The van der Waals surface area contributed by atoms with Gasteiger partial charge in [0.1, 0.15) is 0 Å².